The molecule has 0 saturated heterocycles. The predicted octanol–water partition coefficient (Wildman–Crippen LogP) is 1.39. The van der Waals surface area contributed by atoms with Crippen LogP contribution in [-0.2, 0) is 0 Å². The number of fused-ring (bicyclic) bond motifs is 1. The Morgan fingerprint density at radius 2 is 2.23 bits per heavy atom. The molecule has 3 rings (SSSR count). The van der Waals surface area contributed by atoms with Gasteiger partial charge in [-0.1, -0.05) is 6.42 Å². The van der Waals surface area contributed by atoms with Crippen LogP contribution in [0.3, 0.4) is 0 Å². The fourth-order valence-electron chi connectivity index (χ4n) is 1.65. The van der Waals surface area contributed by atoms with Crippen LogP contribution in [0.5, 0.6) is 0 Å². The van der Waals surface area contributed by atoms with E-state index in [2.05, 4.69) is 15.1 Å². The van der Waals surface area contributed by atoms with E-state index in [4.69, 9.17) is 0 Å². The Morgan fingerprint density at radius 3 is 2.92 bits per heavy atom. The molecule has 4 heteroatoms. The Balaban J connectivity index is 2.10. The normalized spacial score (nSPS) is 17.5. The molecule has 2 heterocycles. The lowest BCUT2D eigenvalue weighted by Crippen LogP contribution is -2.08. The van der Waals surface area contributed by atoms with Gasteiger partial charge in [-0.3, -0.25) is 0 Å². The second-order valence-corrected chi connectivity index (χ2v) is 3.48. The Morgan fingerprint density at radius 1 is 1.31 bits per heavy atom. The average Bonchev–Trinajstić information content (AvgIpc) is 2.43. The molecule has 0 radical (unpaired) electrons. The summed E-state index contributed by atoms with van der Waals surface area (Å²) in [6, 6.07) is 0. The summed E-state index contributed by atoms with van der Waals surface area (Å²) in [5.74, 6) is 1.37. The summed E-state index contributed by atoms with van der Waals surface area (Å²) in [6.45, 7) is 0. The summed E-state index contributed by atoms with van der Waals surface area (Å²) in [7, 11) is 0. The molecule has 0 spiro atoms. The lowest BCUT2D eigenvalue weighted by Gasteiger charge is -2.22. The first kappa shape index (κ1) is 7.00. The van der Waals surface area contributed by atoms with Gasteiger partial charge in [-0.15, -0.1) is 0 Å². The molecule has 1 fully saturated rings. The molecule has 0 unspecified atom stereocenters. The van der Waals surface area contributed by atoms with Crippen LogP contribution in [0, 0.1) is 0 Å². The van der Waals surface area contributed by atoms with Crippen LogP contribution in [0.4, 0.5) is 0 Å². The second-order valence-electron chi connectivity index (χ2n) is 3.48. The van der Waals surface area contributed by atoms with Crippen molar-refractivity contribution in [1.29, 1.82) is 0 Å². The summed E-state index contributed by atoms with van der Waals surface area (Å²) in [5, 5.41) is 4.13. The molecule has 0 atom stereocenters. The van der Waals surface area contributed by atoms with Crippen LogP contribution in [0.25, 0.3) is 5.78 Å². The fourth-order valence-corrected chi connectivity index (χ4v) is 1.65. The van der Waals surface area contributed by atoms with Gasteiger partial charge < -0.3 is 0 Å². The van der Waals surface area contributed by atoms with Gasteiger partial charge in [0.15, 0.2) is 0 Å². The molecule has 66 valence electrons. The van der Waals surface area contributed by atoms with Crippen LogP contribution in [0.15, 0.2) is 18.6 Å². The molecular formula is C9H10N4. The maximum Gasteiger partial charge on any atom is 0.250 e. The minimum atomic E-state index is 0.656. The highest BCUT2D eigenvalue weighted by Gasteiger charge is 2.22. The third-order valence-corrected chi connectivity index (χ3v) is 2.66. The van der Waals surface area contributed by atoms with Crippen molar-refractivity contribution >= 4 is 5.78 Å². The van der Waals surface area contributed by atoms with E-state index in [0.29, 0.717) is 11.7 Å². The van der Waals surface area contributed by atoms with Crippen molar-refractivity contribution in [3.63, 3.8) is 0 Å². The lowest BCUT2D eigenvalue weighted by molar-refractivity contribution is 0.412. The van der Waals surface area contributed by atoms with Crippen LogP contribution < -0.4 is 0 Å². The fraction of sp³-hybridized carbons (Fsp3) is 0.444. The van der Waals surface area contributed by atoms with E-state index < -0.39 is 0 Å². The van der Waals surface area contributed by atoms with Crippen molar-refractivity contribution < 1.29 is 0 Å². The lowest BCUT2D eigenvalue weighted by atomic mass is 9.83. The van der Waals surface area contributed by atoms with Crippen molar-refractivity contribution in [2.75, 3.05) is 0 Å². The zero-order valence-corrected chi connectivity index (χ0v) is 7.22. The smallest absolute Gasteiger partial charge is 0.218 e. The van der Waals surface area contributed by atoms with Gasteiger partial charge in [-0.05, 0) is 12.8 Å². The molecule has 1 aliphatic rings. The van der Waals surface area contributed by atoms with Gasteiger partial charge in [0.2, 0.25) is 0 Å². The summed E-state index contributed by atoms with van der Waals surface area (Å²) in [6.07, 6.45) is 9.21. The van der Waals surface area contributed by atoms with Crippen LogP contribution >= 0.6 is 0 Å². The molecule has 1 aliphatic carbocycles. The molecule has 2 aromatic heterocycles. The molecule has 0 amide bonds. The molecular weight excluding hydrogens is 164 g/mol. The zero-order chi connectivity index (χ0) is 8.67. The number of aromatic nitrogens is 4. The Bertz CT molecular complexity index is 397. The minimum absolute atomic E-state index is 0.656. The van der Waals surface area contributed by atoms with Crippen molar-refractivity contribution in [2.45, 2.75) is 25.2 Å². The average molecular weight is 174 g/mol. The SMILES string of the molecule is c1cnn2cc(C3CCC3)nc2n1. The summed E-state index contributed by atoms with van der Waals surface area (Å²) >= 11 is 0. The summed E-state index contributed by atoms with van der Waals surface area (Å²) in [4.78, 5) is 8.56. The highest BCUT2D eigenvalue weighted by Crippen LogP contribution is 2.35. The second kappa shape index (κ2) is 2.52. The Labute approximate surface area is 75.6 Å². The largest absolute Gasteiger partial charge is 0.250 e. The highest BCUT2D eigenvalue weighted by molar-refractivity contribution is 5.29. The summed E-state index contributed by atoms with van der Waals surface area (Å²) < 4.78 is 1.74. The number of nitrogens with zero attached hydrogens (tertiary/aromatic N) is 4. The number of imidazole rings is 1. The molecule has 2 aromatic rings. The highest BCUT2D eigenvalue weighted by atomic mass is 15.3. The van der Waals surface area contributed by atoms with Gasteiger partial charge in [-0.25, -0.2) is 14.5 Å². The first-order valence-corrected chi connectivity index (χ1v) is 4.60. The maximum absolute atomic E-state index is 4.42. The van der Waals surface area contributed by atoms with E-state index in [0.717, 1.165) is 5.69 Å². The zero-order valence-electron chi connectivity index (χ0n) is 7.22. The van der Waals surface area contributed by atoms with E-state index in [1.54, 1.807) is 16.9 Å². The van der Waals surface area contributed by atoms with Gasteiger partial charge in [0.05, 0.1) is 24.3 Å². The van der Waals surface area contributed by atoms with E-state index in [-0.39, 0.29) is 0 Å². The molecule has 4 nitrogen and oxygen atoms in total. The van der Waals surface area contributed by atoms with Crippen molar-refractivity contribution in [1.82, 2.24) is 19.6 Å². The monoisotopic (exact) mass is 174 g/mol. The van der Waals surface area contributed by atoms with E-state index in [1.807, 2.05) is 6.20 Å². The van der Waals surface area contributed by atoms with Crippen LogP contribution in [0.1, 0.15) is 30.9 Å². The van der Waals surface area contributed by atoms with Crippen molar-refractivity contribution in [2.24, 2.45) is 0 Å². The van der Waals surface area contributed by atoms with Crippen molar-refractivity contribution in [3.05, 3.63) is 24.3 Å². The molecule has 1 saturated carbocycles. The minimum Gasteiger partial charge on any atom is -0.218 e. The molecule has 0 aromatic carbocycles. The van der Waals surface area contributed by atoms with Gasteiger partial charge in [0, 0.05) is 5.92 Å². The van der Waals surface area contributed by atoms with E-state index >= 15 is 0 Å². The van der Waals surface area contributed by atoms with Gasteiger partial charge in [0.1, 0.15) is 0 Å². The molecule has 0 bridgehead atoms. The standard InChI is InChI=1S/C9H10N4/c1-2-7(3-1)8-6-13-9(12-8)10-4-5-11-13/h4-7H,1-3H2. The first-order chi connectivity index (χ1) is 6.43. The third kappa shape index (κ3) is 1.02. The maximum atomic E-state index is 4.42. The van der Waals surface area contributed by atoms with Gasteiger partial charge in [-0.2, -0.15) is 5.10 Å². The third-order valence-electron chi connectivity index (χ3n) is 2.66. The van der Waals surface area contributed by atoms with Gasteiger partial charge >= 0.3 is 0 Å². The quantitative estimate of drug-likeness (QED) is 0.656. The first-order valence-electron chi connectivity index (χ1n) is 4.60. The van der Waals surface area contributed by atoms with E-state index in [1.165, 1.54) is 19.3 Å². The predicted molar refractivity (Wildman–Crippen MR) is 47.4 cm³/mol. The number of rotatable bonds is 1. The Kier molecular flexibility index (Phi) is 1.36. The topological polar surface area (TPSA) is 43.1 Å². The summed E-state index contributed by atoms with van der Waals surface area (Å²) in [5.41, 5.74) is 1.15. The number of hydrogen-bond donors (Lipinski definition) is 0. The van der Waals surface area contributed by atoms with Gasteiger partial charge in [0.25, 0.3) is 5.78 Å². The number of hydrogen-bond acceptors (Lipinski definition) is 3. The molecule has 0 aliphatic heterocycles. The van der Waals surface area contributed by atoms with E-state index in [9.17, 15) is 0 Å². The van der Waals surface area contributed by atoms with Crippen molar-refractivity contribution in [3.8, 4) is 0 Å². The Hall–Kier alpha value is -1.45. The van der Waals surface area contributed by atoms with Crippen LogP contribution in [-0.4, -0.2) is 19.6 Å². The molecule has 13 heavy (non-hydrogen) atoms. The van der Waals surface area contributed by atoms with Crippen LogP contribution in [0.2, 0.25) is 0 Å². The molecule has 0 N–H and O–H groups in total.